The molecule has 1 unspecified atom stereocenters. The fourth-order valence-electron chi connectivity index (χ4n) is 4.38. The number of benzene rings is 3. The Kier molecular flexibility index (Phi) is 5.82. The van der Waals surface area contributed by atoms with Crippen molar-refractivity contribution in [2.24, 2.45) is 0 Å². The minimum atomic E-state index is -0.834. The van der Waals surface area contributed by atoms with Crippen molar-refractivity contribution in [1.29, 1.82) is 0 Å². The zero-order chi connectivity index (χ0) is 24.8. The van der Waals surface area contributed by atoms with Gasteiger partial charge in [-0.1, -0.05) is 63.2 Å². The molecule has 0 aromatic heterocycles. The number of carbonyl (C=O) groups excluding carboxylic acids is 2. The van der Waals surface area contributed by atoms with Crippen molar-refractivity contribution < 1.29 is 19.8 Å². The molecule has 4 rings (SSSR count). The lowest BCUT2D eigenvalue weighted by molar-refractivity contribution is -0.132. The predicted octanol–water partition coefficient (Wildman–Crippen LogP) is 5.93. The maximum atomic E-state index is 13.4. The third kappa shape index (κ3) is 3.98. The van der Waals surface area contributed by atoms with Gasteiger partial charge in [-0.25, -0.2) is 0 Å². The fourth-order valence-corrected chi connectivity index (χ4v) is 4.38. The molecule has 1 aliphatic heterocycles. The molecule has 3 aromatic carbocycles. The Morgan fingerprint density at radius 1 is 0.882 bits per heavy atom. The van der Waals surface area contributed by atoms with Crippen molar-refractivity contribution in [2.45, 2.75) is 46.1 Å². The van der Waals surface area contributed by atoms with E-state index in [0.29, 0.717) is 16.8 Å². The SMILES string of the molecule is Cc1ccc(C(C)(C)C)cc1/C(O)=C1\C(=O)C(=O)N(c2ccccc2C)C1c1ccc(O)cc1. The van der Waals surface area contributed by atoms with Gasteiger partial charge in [-0.3, -0.25) is 14.5 Å². The first-order valence-corrected chi connectivity index (χ1v) is 11.3. The Hall–Kier alpha value is -3.86. The number of rotatable bonds is 3. The Morgan fingerprint density at radius 3 is 2.15 bits per heavy atom. The van der Waals surface area contributed by atoms with Gasteiger partial charge in [0, 0.05) is 11.3 Å². The summed E-state index contributed by atoms with van der Waals surface area (Å²) in [6, 6.07) is 18.7. The first-order valence-electron chi connectivity index (χ1n) is 11.3. The monoisotopic (exact) mass is 455 g/mol. The van der Waals surface area contributed by atoms with Gasteiger partial charge >= 0.3 is 0 Å². The number of phenols is 1. The van der Waals surface area contributed by atoms with Gasteiger partial charge in [0.2, 0.25) is 0 Å². The highest BCUT2D eigenvalue weighted by Gasteiger charge is 2.47. The number of aromatic hydroxyl groups is 1. The van der Waals surface area contributed by atoms with E-state index in [-0.39, 0.29) is 22.5 Å². The Bertz CT molecular complexity index is 1310. The third-order valence-electron chi connectivity index (χ3n) is 6.39. The van der Waals surface area contributed by atoms with E-state index in [9.17, 15) is 19.8 Å². The molecular weight excluding hydrogens is 426 g/mol. The molecule has 1 heterocycles. The molecule has 1 aliphatic rings. The fraction of sp³-hybridized carbons (Fsp3) is 0.241. The number of amides is 1. The van der Waals surface area contributed by atoms with Crippen LogP contribution < -0.4 is 4.90 Å². The maximum absolute atomic E-state index is 13.4. The van der Waals surface area contributed by atoms with Crippen molar-refractivity contribution in [3.63, 3.8) is 0 Å². The average Bonchev–Trinajstić information content (AvgIpc) is 3.04. The summed E-state index contributed by atoms with van der Waals surface area (Å²) in [7, 11) is 0. The summed E-state index contributed by atoms with van der Waals surface area (Å²) in [6.45, 7) is 9.98. The van der Waals surface area contributed by atoms with E-state index in [1.165, 1.54) is 17.0 Å². The summed E-state index contributed by atoms with van der Waals surface area (Å²) in [4.78, 5) is 28.2. The first kappa shape index (κ1) is 23.3. The highest BCUT2D eigenvalue weighted by Crippen LogP contribution is 2.44. The van der Waals surface area contributed by atoms with Crippen LogP contribution in [0.1, 0.15) is 54.6 Å². The molecule has 5 nitrogen and oxygen atoms in total. The van der Waals surface area contributed by atoms with Crippen molar-refractivity contribution >= 4 is 23.1 Å². The number of nitrogens with zero attached hydrogens (tertiary/aromatic N) is 1. The van der Waals surface area contributed by atoms with E-state index in [4.69, 9.17) is 0 Å². The highest BCUT2D eigenvalue weighted by atomic mass is 16.3. The van der Waals surface area contributed by atoms with Crippen molar-refractivity contribution in [2.75, 3.05) is 4.90 Å². The zero-order valence-electron chi connectivity index (χ0n) is 20.1. The van der Waals surface area contributed by atoms with E-state index in [2.05, 4.69) is 20.8 Å². The second-order valence-corrected chi connectivity index (χ2v) is 9.83. The molecule has 1 amide bonds. The molecule has 0 bridgehead atoms. The lowest BCUT2D eigenvalue weighted by Crippen LogP contribution is -2.30. The quantitative estimate of drug-likeness (QED) is 0.291. The highest BCUT2D eigenvalue weighted by molar-refractivity contribution is 6.51. The van der Waals surface area contributed by atoms with Crippen LogP contribution in [0.4, 0.5) is 5.69 Å². The second kappa shape index (κ2) is 8.49. The smallest absolute Gasteiger partial charge is 0.300 e. The Labute approximate surface area is 200 Å². The predicted molar refractivity (Wildman–Crippen MR) is 134 cm³/mol. The third-order valence-corrected chi connectivity index (χ3v) is 6.39. The molecule has 1 fully saturated rings. The minimum absolute atomic E-state index is 0.0353. The van der Waals surface area contributed by atoms with Gasteiger partial charge in [0.15, 0.2) is 0 Å². The molecule has 2 N–H and O–H groups in total. The summed E-state index contributed by atoms with van der Waals surface area (Å²) < 4.78 is 0. The normalized spacial score (nSPS) is 17.9. The van der Waals surface area contributed by atoms with Gasteiger partial charge in [0.25, 0.3) is 11.7 Å². The van der Waals surface area contributed by atoms with Crippen LogP contribution in [0.25, 0.3) is 5.76 Å². The number of aliphatic hydroxyl groups excluding tert-OH is 1. The zero-order valence-corrected chi connectivity index (χ0v) is 20.1. The van der Waals surface area contributed by atoms with Crippen molar-refractivity contribution in [3.8, 4) is 5.75 Å². The number of para-hydroxylation sites is 1. The largest absolute Gasteiger partial charge is 0.508 e. The van der Waals surface area contributed by atoms with Gasteiger partial charge in [0.1, 0.15) is 11.5 Å². The molecule has 0 radical (unpaired) electrons. The molecule has 1 saturated heterocycles. The summed E-state index contributed by atoms with van der Waals surface area (Å²) in [6.07, 6.45) is 0. The molecular formula is C29H29NO4. The van der Waals surface area contributed by atoms with Gasteiger partial charge in [-0.05, 0) is 65.8 Å². The lowest BCUT2D eigenvalue weighted by Gasteiger charge is -2.27. The van der Waals surface area contributed by atoms with E-state index in [1.54, 1.807) is 18.2 Å². The summed E-state index contributed by atoms with van der Waals surface area (Å²) in [5, 5.41) is 21.3. The number of phenolic OH excluding ortho intramolecular Hbond substituents is 1. The molecule has 3 aromatic rings. The molecule has 174 valence electrons. The summed E-state index contributed by atoms with van der Waals surface area (Å²) in [5.74, 6) is -1.56. The minimum Gasteiger partial charge on any atom is -0.508 e. The van der Waals surface area contributed by atoms with Crippen molar-refractivity contribution in [3.05, 3.63) is 100 Å². The van der Waals surface area contributed by atoms with Crippen LogP contribution >= 0.6 is 0 Å². The lowest BCUT2D eigenvalue weighted by atomic mass is 9.84. The molecule has 1 atom stereocenters. The van der Waals surface area contributed by atoms with Crippen LogP contribution in [-0.2, 0) is 15.0 Å². The van der Waals surface area contributed by atoms with Crippen LogP contribution in [0.15, 0.2) is 72.3 Å². The van der Waals surface area contributed by atoms with Crippen LogP contribution in [-0.4, -0.2) is 21.9 Å². The molecule has 0 saturated carbocycles. The number of aliphatic hydroxyl groups is 1. The number of Topliss-reactive ketones (excluding diaryl/α,β-unsaturated/α-hetero) is 1. The van der Waals surface area contributed by atoms with Crippen LogP contribution in [0, 0.1) is 13.8 Å². The van der Waals surface area contributed by atoms with E-state index in [0.717, 1.165) is 16.7 Å². The number of hydrogen-bond donors (Lipinski definition) is 2. The molecule has 0 spiro atoms. The van der Waals surface area contributed by atoms with Crippen LogP contribution in [0.3, 0.4) is 0 Å². The summed E-state index contributed by atoms with van der Waals surface area (Å²) in [5.41, 5.74) is 4.26. The standard InChI is InChI=1S/C29H29NO4/c1-17-10-13-20(29(3,4)5)16-22(17)26(32)24-25(19-11-14-21(31)15-12-19)30(28(34)27(24)33)23-9-7-6-8-18(23)2/h6-16,25,31-32H,1-5H3/b26-24+. The Balaban J connectivity index is 2.00. The number of anilines is 1. The van der Waals surface area contributed by atoms with Gasteiger partial charge in [-0.15, -0.1) is 0 Å². The maximum Gasteiger partial charge on any atom is 0.300 e. The summed E-state index contributed by atoms with van der Waals surface area (Å²) >= 11 is 0. The van der Waals surface area contributed by atoms with Crippen molar-refractivity contribution in [1.82, 2.24) is 0 Å². The van der Waals surface area contributed by atoms with E-state index < -0.39 is 17.7 Å². The van der Waals surface area contributed by atoms with E-state index in [1.807, 2.05) is 50.2 Å². The topological polar surface area (TPSA) is 77.8 Å². The molecule has 34 heavy (non-hydrogen) atoms. The van der Waals surface area contributed by atoms with E-state index >= 15 is 0 Å². The molecule has 5 heteroatoms. The van der Waals surface area contributed by atoms with Crippen LogP contribution in [0.5, 0.6) is 5.75 Å². The number of carbonyl (C=O) groups is 2. The molecule has 0 aliphatic carbocycles. The first-order chi connectivity index (χ1) is 16.0. The van der Waals surface area contributed by atoms with Gasteiger partial charge < -0.3 is 10.2 Å². The number of ketones is 1. The Morgan fingerprint density at radius 2 is 1.53 bits per heavy atom. The van der Waals surface area contributed by atoms with Gasteiger partial charge in [0.05, 0.1) is 11.6 Å². The number of hydrogen-bond acceptors (Lipinski definition) is 4. The average molecular weight is 456 g/mol. The number of aryl methyl sites for hydroxylation is 2. The second-order valence-electron chi connectivity index (χ2n) is 9.83. The van der Waals surface area contributed by atoms with Crippen LogP contribution in [0.2, 0.25) is 0 Å². The van der Waals surface area contributed by atoms with Gasteiger partial charge in [-0.2, -0.15) is 0 Å².